The molecule has 86 valence electrons. The normalized spacial score (nSPS) is 24.1. The van der Waals surface area contributed by atoms with Crippen LogP contribution in [0.1, 0.15) is 33.6 Å². The van der Waals surface area contributed by atoms with E-state index in [1.807, 2.05) is 20.8 Å². The van der Waals surface area contributed by atoms with Crippen LogP contribution in [0.25, 0.3) is 0 Å². The van der Waals surface area contributed by atoms with Gasteiger partial charge in [-0.15, -0.1) is 0 Å². The number of ether oxygens (including phenoxy) is 2. The molecular formula is C11H19NO3. The highest BCUT2D eigenvalue weighted by Crippen LogP contribution is 2.42. The third-order valence-electron chi connectivity index (χ3n) is 2.71. The Labute approximate surface area is 90.5 Å². The predicted octanol–water partition coefficient (Wildman–Crippen LogP) is 1.79. The van der Waals surface area contributed by atoms with Gasteiger partial charge < -0.3 is 14.4 Å². The van der Waals surface area contributed by atoms with Crippen LogP contribution in [0.4, 0.5) is 4.79 Å². The van der Waals surface area contributed by atoms with Crippen LogP contribution in [0, 0.1) is 0 Å². The Kier molecular flexibility index (Phi) is 2.41. The molecule has 1 heterocycles. The molecule has 1 aliphatic heterocycles. The smallest absolute Gasteiger partial charge is 0.410 e. The van der Waals surface area contributed by atoms with E-state index in [1.165, 1.54) is 0 Å². The first-order valence-electron chi connectivity index (χ1n) is 5.52. The Hall–Kier alpha value is -0.770. The van der Waals surface area contributed by atoms with Crippen molar-refractivity contribution in [1.82, 2.24) is 4.90 Å². The summed E-state index contributed by atoms with van der Waals surface area (Å²) in [5.41, 5.74) is -0.429. The average Bonchev–Trinajstić information content (AvgIpc) is 2.82. The van der Waals surface area contributed by atoms with Crippen LogP contribution < -0.4 is 0 Å². The molecule has 0 radical (unpaired) electrons. The van der Waals surface area contributed by atoms with Gasteiger partial charge in [-0.25, -0.2) is 4.79 Å². The minimum absolute atomic E-state index is 0.0187. The van der Waals surface area contributed by atoms with E-state index in [2.05, 4.69) is 0 Å². The molecular weight excluding hydrogens is 194 g/mol. The lowest BCUT2D eigenvalue weighted by atomic mass is 10.2. The molecule has 0 atom stereocenters. The second-order valence-corrected chi connectivity index (χ2v) is 5.43. The number of amides is 1. The Morgan fingerprint density at radius 3 is 2.60 bits per heavy atom. The van der Waals surface area contributed by atoms with E-state index in [0.717, 1.165) is 12.8 Å². The van der Waals surface area contributed by atoms with Gasteiger partial charge in [-0.05, 0) is 33.6 Å². The van der Waals surface area contributed by atoms with Crippen LogP contribution in [-0.4, -0.2) is 41.9 Å². The molecule has 0 unspecified atom stereocenters. The standard InChI is InChI=1S/C11H19NO3/c1-10(2,3)15-9(13)12-6-7-14-11(8-12)4-5-11/h4-8H2,1-3H3. The molecule has 1 amide bonds. The number of carbonyl (C=O) groups is 1. The highest BCUT2D eigenvalue weighted by atomic mass is 16.6. The van der Waals surface area contributed by atoms with Crippen LogP contribution in [-0.2, 0) is 9.47 Å². The lowest BCUT2D eigenvalue weighted by Gasteiger charge is -2.34. The summed E-state index contributed by atoms with van der Waals surface area (Å²) in [5.74, 6) is 0. The number of rotatable bonds is 0. The molecule has 2 rings (SSSR count). The summed E-state index contributed by atoms with van der Waals surface area (Å²) in [6, 6.07) is 0. The molecule has 0 N–H and O–H groups in total. The van der Waals surface area contributed by atoms with Gasteiger partial charge in [0.15, 0.2) is 0 Å². The van der Waals surface area contributed by atoms with Crippen molar-refractivity contribution in [1.29, 1.82) is 0 Å². The molecule has 2 fully saturated rings. The Balaban J connectivity index is 1.90. The van der Waals surface area contributed by atoms with E-state index in [4.69, 9.17) is 9.47 Å². The fourth-order valence-corrected chi connectivity index (χ4v) is 1.77. The van der Waals surface area contributed by atoms with Gasteiger partial charge in [0.25, 0.3) is 0 Å². The Morgan fingerprint density at radius 1 is 1.40 bits per heavy atom. The molecule has 0 aromatic rings. The summed E-state index contributed by atoms with van der Waals surface area (Å²) in [6.07, 6.45) is 1.94. The topological polar surface area (TPSA) is 38.8 Å². The predicted molar refractivity (Wildman–Crippen MR) is 55.7 cm³/mol. The van der Waals surface area contributed by atoms with E-state index in [9.17, 15) is 4.79 Å². The fourth-order valence-electron chi connectivity index (χ4n) is 1.77. The summed E-state index contributed by atoms with van der Waals surface area (Å²) in [5, 5.41) is 0. The third-order valence-corrected chi connectivity index (χ3v) is 2.71. The Bertz CT molecular complexity index is 265. The van der Waals surface area contributed by atoms with Crippen molar-refractivity contribution >= 4 is 6.09 Å². The molecule has 1 saturated heterocycles. The average molecular weight is 213 g/mol. The third kappa shape index (κ3) is 2.62. The maximum atomic E-state index is 11.8. The van der Waals surface area contributed by atoms with Crippen LogP contribution in [0.5, 0.6) is 0 Å². The molecule has 4 nitrogen and oxygen atoms in total. The molecule has 0 bridgehead atoms. The van der Waals surface area contributed by atoms with Gasteiger partial charge in [0.2, 0.25) is 0 Å². The SMILES string of the molecule is CC(C)(C)OC(=O)N1CCOC2(CC2)C1. The lowest BCUT2D eigenvalue weighted by Crippen LogP contribution is -2.48. The molecule has 1 saturated carbocycles. The van der Waals surface area contributed by atoms with Crippen LogP contribution in [0.3, 0.4) is 0 Å². The van der Waals surface area contributed by atoms with E-state index < -0.39 is 5.60 Å². The van der Waals surface area contributed by atoms with Crippen molar-refractivity contribution < 1.29 is 14.3 Å². The van der Waals surface area contributed by atoms with Gasteiger partial charge in [-0.2, -0.15) is 0 Å². The molecule has 15 heavy (non-hydrogen) atoms. The highest BCUT2D eigenvalue weighted by Gasteiger charge is 2.48. The largest absolute Gasteiger partial charge is 0.444 e. The summed E-state index contributed by atoms with van der Waals surface area (Å²) in [4.78, 5) is 13.5. The van der Waals surface area contributed by atoms with Crippen LogP contribution >= 0.6 is 0 Å². The zero-order valence-electron chi connectivity index (χ0n) is 9.71. The van der Waals surface area contributed by atoms with Gasteiger partial charge in [-0.3, -0.25) is 0 Å². The van der Waals surface area contributed by atoms with Gasteiger partial charge >= 0.3 is 6.09 Å². The summed E-state index contributed by atoms with van der Waals surface area (Å²) >= 11 is 0. The van der Waals surface area contributed by atoms with Crippen molar-refractivity contribution in [3.63, 3.8) is 0 Å². The van der Waals surface area contributed by atoms with E-state index in [1.54, 1.807) is 4.90 Å². The van der Waals surface area contributed by atoms with Crippen LogP contribution in [0.15, 0.2) is 0 Å². The Morgan fingerprint density at radius 2 is 2.07 bits per heavy atom. The van der Waals surface area contributed by atoms with Crippen molar-refractivity contribution in [3.05, 3.63) is 0 Å². The first-order chi connectivity index (χ1) is 6.90. The van der Waals surface area contributed by atoms with Gasteiger partial charge in [-0.1, -0.05) is 0 Å². The first kappa shape index (κ1) is 10.7. The number of morpholine rings is 1. The number of hydrogen-bond donors (Lipinski definition) is 0. The van der Waals surface area contributed by atoms with Gasteiger partial charge in [0.05, 0.1) is 18.8 Å². The molecule has 0 aromatic carbocycles. The van der Waals surface area contributed by atoms with Crippen LogP contribution in [0.2, 0.25) is 0 Å². The van der Waals surface area contributed by atoms with Crippen molar-refractivity contribution in [3.8, 4) is 0 Å². The van der Waals surface area contributed by atoms with Crippen molar-refractivity contribution in [2.45, 2.75) is 44.8 Å². The quantitative estimate of drug-likeness (QED) is 0.615. The molecule has 1 aliphatic carbocycles. The summed E-state index contributed by atoms with van der Waals surface area (Å²) in [7, 11) is 0. The van der Waals surface area contributed by atoms with E-state index in [-0.39, 0.29) is 11.7 Å². The fraction of sp³-hybridized carbons (Fsp3) is 0.909. The minimum Gasteiger partial charge on any atom is -0.444 e. The maximum absolute atomic E-state index is 11.8. The minimum atomic E-state index is -0.411. The first-order valence-corrected chi connectivity index (χ1v) is 5.52. The second-order valence-electron chi connectivity index (χ2n) is 5.43. The maximum Gasteiger partial charge on any atom is 0.410 e. The van der Waals surface area contributed by atoms with E-state index >= 15 is 0 Å². The summed E-state index contributed by atoms with van der Waals surface area (Å²) in [6.45, 7) is 7.65. The van der Waals surface area contributed by atoms with Gasteiger partial charge in [0, 0.05) is 6.54 Å². The van der Waals surface area contributed by atoms with Crippen molar-refractivity contribution in [2.24, 2.45) is 0 Å². The zero-order valence-corrected chi connectivity index (χ0v) is 9.71. The highest BCUT2D eigenvalue weighted by molar-refractivity contribution is 5.68. The van der Waals surface area contributed by atoms with Crippen molar-refractivity contribution in [2.75, 3.05) is 19.7 Å². The number of nitrogens with zero attached hydrogens (tertiary/aromatic N) is 1. The summed E-state index contributed by atoms with van der Waals surface area (Å²) < 4.78 is 11.0. The molecule has 2 aliphatic rings. The number of carbonyl (C=O) groups excluding carboxylic acids is 1. The zero-order chi connectivity index (χ0) is 11.1. The van der Waals surface area contributed by atoms with Gasteiger partial charge in [0.1, 0.15) is 5.60 Å². The molecule has 1 spiro atoms. The second kappa shape index (κ2) is 3.37. The lowest BCUT2D eigenvalue weighted by molar-refractivity contribution is -0.0549. The van der Waals surface area contributed by atoms with E-state index in [0.29, 0.717) is 19.7 Å². The molecule has 4 heteroatoms. The number of hydrogen-bond acceptors (Lipinski definition) is 3. The monoisotopic (exact) mass is 213 g/mol. The molecule has 0 aromatic heterocycles.